The summed E-state index contributed by atoms with van der Waals surface area (Å²) in [6.07, 6.45) is 0. The van der Waals surface area contributed by atoms with Crippen molar-refractivity contribution in [2.45, 2.75) is 13.8 Å². The Balaban J connectivity index is 1.60. The first-order valence-corrected chi connectivity index (χ1v) is 10.9. The van der Waals surface area contributed by atoms with Crippen LogP contribution in [-0.2, 0) is 19.1 Å². The zero-order valence-electron chi connectivity index (χ0n) is 19.5. The van der Waals surface area contributed by atoms with Crippen molar-refractivity contribution in [3.05, 3.63) is 85.0 Å². The molecule has 0 radical (unpaired) electrons. The molecule has 6 nitrogen and oxygen atoms in total. The molecule has 3 aromatic rings. The number of carbonyl (C=O) groups is 2. The number of rotatable bonds is 11. The molecule has 3 rings (SSSR count). The van der Waals surface area contributed by atoms with Gasteiger partial charge in [-0.1, -0.05) is 43.5 Å². The van der Waals surface area contributed by atoms with Crippen molar-refractivity contribution in [3.8, 4) is 22.6 Å². The van der Waals surface area contributed by atoms with Crippen molar-refractivity contribution in [2.24, 2.45) is 0 Å². The lowest BCUT2D eigenvalue weighted by atomic mass is 10.0. The van der Waals surface area contributed by atoms with Gasteiger partial charge in [-0.15, -0.1) is 0 Å². The SMILES string of the molecule is C=C(C)C(=O)OCCOc1cccc(-c2ccc3cc(OCCOC(=O)C(=C)C)ccc3c2)c1. The van der Waals surface area contributed by atoms with Crippen LogP contribution in [0.4, 0.5) is 0 Å². The number of benzene rings is 3. The van der Waals surface area contributed by atoms with Crippen LogP contribution in [0, 0.1) is 0 Å². The molecule has 0 heterocycles. The summed E-state index contributed by atoms with van der Waals surface area (Å²) in [7, 11) is 0. The fourth-order valence-corrected chi connectivity index (χ4v) is 3.09. The molecule has 0 aromatic heterocycles. The van der Waals surface area contributed by atoms with Gasteiger partial charge in [0, 0.05) is 11.1 Å². The maximum Gasteiger partial charge on any atom is 0.333 e. The van der Waals surface area contributed by atoms with E-state index in [1.807, 2.05) is 54.6 Å². The van der Waals surface area contributed by atoms with Crippen LogP contribution >= 0.6 is 0 Å². The molecule has 0 saturated carbocycles. The summed E-state index contributed by atoms with van der Waals surface area (Å²) in [6, 6.07) is 19.7. The van der Waals surface area contributed by atoms with Crippen LogP contribution in [0.3, 0.4) is 0 Å². The lowest BCUT2D eigenvalue weighted by molar-refractivity contribution is -0.140. The fourth-order valence-electron chi connectivity index (χ4n) is 3.09. The molecule has 0 atom stereocenters. The van der Waals surface area contributed by atoms with Crippen molar-refractivity contribution in [3.63, 3.8) is 0 Å². The first-order chi connectivity index (χ1) is 16.3. The highest BCUT2D eigenvalue weighted by atomic mass is 16.6. The van der Waals surface area contributed by atoms with Crippen LogP contribution in [-0.4, -0.2) is 38.4 Å². The van der Waals surface area contributed by atoms with E-state index in [2.05, 4.69) is 19.2 Å². The predicted octanol–water partition coefficient (Wildman–Crippen LogP) is 5.50. The summed E-state index contributed by atoms with van der Waals surface area (Å²) in [5, 5.41) is 2.10. The second kappa shape index (κ2) is 11.7. The Kier molecular flexibility index (Phi) is 8.46. The number of hydrogen-bond acceptors (Lipinski definition) is 6. The first kappa shape index (κ1) is 24.6. The Morgan fingerprint density at radius 2 is 1.18 bits per heavy atom. The molecule has 0 spiro atoms. The predicted molar refractivity (Wildman–Crippen MR) is 132 cm³/mol. The van der Waals surface area contributed by atoms with Gasteiger partial charge < -0.3 is 18.9 Å². The number of carbonyl (C=O) groups excluding carboxylic acids is 2. The molecule has 3 aromatic carbocycles. The minimum absolute atomic E-state index is 0.159. The third kappa shape index (κ3) is 6.97. The van der Waals surface area contributed by atoms with Crippen molar-refractivity contribution >= 4 is 22.7 Å². The minimum atomic E-state index is -0.423. The van der Waals surface area contributed by atoms with Crippen LogP contribution in [0.2, 0.25) is 0 Å². The van der Waals surface area contributed by atoms with E-state index in [1.54, 1.807) is 13.8 Å². The van der Waals surface area contributed by atoms with Gasteiger partial charge in [0.05, 0.1) is 0 Å². The molecule has 0 saturated heterocycles. The smallest absolute Gasteiger partial charge is 0.333 e. The van der Waals surface area contributed by atoms with Gasteiger partial charge in [-0.25, -0.2) is 9.59 Å². The van der Waals surface area contributed by atoms with Gasteiger partial charge in [-0.3, -0.25) is 0 Å². The molecule has 6 heteroatoms. The molecule has 0 bridgehead atoms. The van der Waals surface area contributed by atoms with E-state index in [1.165, 1.54) is 0 Å². The van der Waals surface area contributed by atoms with Crippen LogP contribution in [0.5, 0.6) is 11.5 Å². The second-order valence-corrected chi connectivity index (χ2v) is 7.78. The Labute approximate surface area is 199 Å². The molecule has 176 valence electrons. The highest BCUT2D eigenvalue weighted by Crippen LogP contribution is 2.29. The monoisotopic (exact) mass is 460 g/mol. The molecular formula is C28H28O6. The highest BCUT2D eigenvalue weighted by Gasteiger charge is 2.06. The maximum absolute atomic E-state index is 11.4. The fraction of sp³-hybridized carbons (Fsp3) is 0.214. The van der Waals surface area contributed by atoms with Gasteiger partial charge in [0.2, 0.25) is 0 Å². The standard InChI is InChI=1S/C28H28O6/c1-19(2)27(29)33-14-12-31-25-7-5-6-21(17-25)22-8-9-24-18-26(11-10-23(24)16-22)32-13-15-34-28(30)20(3)4/h5-11,16-18H,1,3,12-15H2,2,4H3. The summed E-state index contributed by atoms with van der Waals surface area (Å²) >= 11 is 0. The molecule has 0 amide bonds. The van der Waals surface area contributed by atoms with Crippen LogP contribution in [0.1, 0.15) is 13.8 Å². The normalized spacial score (nSPS) is 10.4. The quantitative estimate of drug-likeness (QED) is 0.214. The van der Waals surface area contributed by atoms with Gasteiger partial charge in [0.1, 0.15) is 37.9 Å². The third-order valence-corrected chi connectivity index (χ3v) is 4.85. The zero-order chi connectivity index (χ0) is 24.5. The topological polar surface area (TPSA) is 71.1 Å². The van der Waals surface area contributed by atoms with Crippen molar-refractivity contribution in [2.75, 3.05) is 26.4 Å². The molecule has 0 aliphatic heterocycles. The molecule has 0 unspecified atom stereocenters. The second-order valence-electron chi connectivity index (χ2n) is 7.78. The summed E-state index contributed by atoms with van der Waals surface area (Å²) in [5.41, 5.74) is 2.79. The molecular weight excluding hydrogens is 432 g/mol. The average Bonchev–Trinajstić information content (AvgIpc) is 2.83. The molecule has 0 aliphatic carbocycles. The van der Waals surface area contributed by atoms with E-state index in [4.69, 9.17) is 18.9 Å². The maximum atomic E-state index is 11.4. The first-order valence-electron chi connectivity index (χ1n) is 10.9. The Hall–Kier alpha value is -4.06. The minimum Gasteiger partial charge on any atom is -0.490 e. The number of fused-ring (bicyclic) bond motifs is 1. The summed E-state index contributed by atoms with van der Waals surface area (Å²) in [5.74, 6) is 0.554. The lowest BCUT2D eigenvalue weighted by Gasteiger charge is -2.11. The van der Waals surface area contributed by atoms with E-state index in [0.29, 0.717) is 22.6 Å². The van der Waals surface area contributed by atoms with Crippen LogP contribution < -0.4 is 9.47 Å². The molecule has 34 heavy (non-hydrogen) atoms. The van der Waals surface area contributed by atoms with Gasteiger partial charge in [0.25, 0.3) is 0 Å². The Morgan fingerprint density at radius 3 is 1.79 bits per heavy atom. The summed E-state index contributed by atoms with van der Waals surface area (Å²) in [4.78, 5) is 22.8. The van der Waals surface area contributed by atoms with Crippen LogP contribution in [0.15, 0.2) is 85.0 Å². The van der Waals surface area contributed by atoms with E-state index < -0.39 is 11.9 Å². The van der Waals surface area contributed by atoms with E-state index in [9.17, 15) is 9.59 Å². The summed E-state index contributed by atoms with van der Waals surface area (Å²) in [6.45, 7) is 11.2. The molecule has 0 aliphatic rings. The lowest BCUT2D eigenvalue weighted by Crippen LogP contribution is -2.12. The largest absolute Gasteiger partial charge is 0.490 e. The number of ether oxygens (including phenoxy) is 4. The van der Waals surface area contributed by atoms with Crippen molar-refractivity contribution < 1.29 is 28.5 Å². The van der Waals surface area contributed by atoms with Crippen molar-refractivity contribution in [1.82, 2.24) is 0 Å². The van der Waals surface area contributed by atoms with E-state index in [-0.39, 0.29) is 26.4 Å². The number of hydrogen-bond donors (Lipinski definition) is 0. The van der Waals surface area contributed by atoms with Crippen LogP contribution in [0.25, 0.3) is 21.9 Å². The van der Waals surface area contributed by atoms with Crippen molar-refractivity contribution in [1.29, 1.82) is 0 Å². The van der Waals surface area contributed by atoms with Gasteiger partial charge in [0.15, 0.2) is 0 Å². The molecule has 0 N–H and O–H groups in total. The number of esters is 2. The van der Waals surface area contributed by atoms with Gasteiger partial charge >= 0.3 is 11.9 Å². The van der Waals surface area contributed by atoms with E-state index >= 15 is 0 Å². The van der Waals surface area contributed by atoms with E-state index in [0.717, 1.165) is 21.9 Å². The highest BCUT2D eigenvalue weighted by molar-refractivity contribution is 5.89. The third-order valence-electron chi connectivity index (χ3n) is 4.85. The van der Waals surface area contributed by atoms with Gasteiger partial charge in [-0.05, 0) is 66.1 Å². The Morgan fingerprint density at radius 1 is 0.647 bits per heavy atom. The van der Waals surface area contributed by atoms with Gasteiger partial charge in [-0.2, -0.15) is 0 Å². The average molecular weight is 461 g/mol. The molecule has 0 fully saturated rings. The Bertz CT molecular complexity index is 1210. The summed E-state index contributed by atoms with van der Waals surface area (Å²) < 4.78 is 21.5. The zero-order valence-corrected chi connectivity index (χ0v) is 19.5.